The maximum Gasteiger partial charge on any atom is 0.233 e. The summed E-state index contributed by atoms with van der Waals surface area (Å²) in [7, 11) is 0. The highest BCUT2D eigenvalue weighted by molar-refractivity contribution is 6.05. The summed E-state index contributed by atoms with van der Waals surface area (Å²) in [6, 6.07) is 7.62. The van der Waals surface area contributed by atoms with Crippen LogP contribution in [0.2, 0.25) is 0 Å². The molecule has 5 nitrogen and oxygen atoms in total. The minimum absolute atomic E-state index is 0.0706. The molecule has 1 aliphatic heterocycles. The number of nitrogens with zero attached hydrogens (tertiary/aromatic N) is 3. The molecule has 2 aromatic rings. The van der Waals surface area contributed by atoms with E-state index >= 15 is 0 Å². The Morgan fingerprint density at radius 1 is 1.00 bits per heavy atom. The summed E-state index contributed by atoms with van der Waals surface area (Å²) < 4.78 is 0. The van der Waals surface area contributed by atoms with Gasteiger partial charge in [0.25, 0.3) is 0 Å². The molecule has 1 aromatic carbocycles. The highest BCUT2D eigenvalue weighted by Gasteiger charge is 2.47. The predicted octanol–water partition coefficient (Wildman–Crippen LogP) is 2.39. The smallest absolute Gasteiger partial charge is 0.233 e. The fourth-order valence-corrected chi connectivity index (χ4v) is 3.45. The number of benzene rings is 1. The van der Waals surface area contributed by atoms with Gasteiger partial charge in [0, 0.05) is 0 Å². The molecular formula is C18H17N3O2. The quantitative estimate of drug-likeness (QED) is 0.631. The molecule has 23 heavy (non-hydrogen) atoms. The molecule has 5 heteroatoms. The molecule has 0 N–H and O–H groups in total. The largest absolute Gasteiger partial charge is 0.276 e. The van der Waals surface area contributed by atoms with E-state index in [-0.39, 0.29) is 30.2 Å². The van der Waals surface area contributed by atoms with Crippen LogP contribution in [0, 0.1) is 18.8 Å². The van der Waals surface area contributed by atoms with E-state index in [2.05, 4.69) is 9.97 Å². The number of aryl methyl sites for hydroxylation is 1. The van der Waals surface area contributed by atoms with Crippen LogP contribution in [0.15, 0.2) is 36.4 Å². The number of allylic oxidation sites excluding steroid dienone is 2. The molecule has 1 aliphatic carbocycles. The molecule has 4 rings (SSSR count). The Morgan fingerprint density at radius 2 is 1.57 bits per heavy atom. The lowest BCUT2D eigenvalue weighted by Crippen LogP contribution is -2.31. The first-order valence-corrected chi connectivity index (χ1v) is 7.87. The fourth-order valence-electron chi connectivity index (χ4n) is 3.45. The topological polar surface area (TPSA) is 63.2 Å². The number of aromatic nitrogens is 2. The Kier molecular flexibility index (Phi) is 3.22. The van der Waals surface area contributed by atoms with Gasteiger partial charge in [-0.3, -0.25) is 14.5 Å². The summed E-state index contributed by atoms with van der Waals surface area (Å²) in [4.78, 5) is 35.6. The number of rotatable bonds is 2. The van der Waals surface area contributed by atoms with Crippen LogP contribution in [0.3, 0.4) is 0 Å². The lowest BCUT2D eigenvalue weighted by Gasteiger charge is -2.15. The molecule has 2 atom stereocenters. The zero-order chi connectivity index (χ0) is 16.0. The lowest BCUT2D eigenvalue weighted by molar-refractivity contribution is -0.140. The first kappa shape index (κ1) is 14.1. The normalized spacial score (nSPS) is 23.6. The summed E-state index contributed by atoms with van der Waals surface area (Å²) in [6.07, 6.45) is 5.32. The molecule has 0 spiro atoms. The van der Waals surface area contributed by atoms with Gasteiger partial charge in [-0.1, -0.05) is 24.3 Å². The maximum absolute atomic E-state index is 12.6. The van der Waals surface area contributed by atoms with Crippen LogP contribution in [-0.4, -0.2) is 26.7 Å². The number of hydrogen-bond acceptors (Lipinski definition) is 4. The summed E-state index contributed by atoms with van der Waals surface area (Å²) in [6.45, 7) is 2.09. The molecule has 1 aromatic heterocycles. The van der Waals surface area contributed by atoms with Crippen LogP contribution < -0.4 is 0 Å². The predicted molar refractivity (Wildman–Crippen MR) is 85.2 cm³/mol. The second-order valence-electron chi connectivity index (χ2n) is 6.16. The van der Waals surface area contributed by atoms with Crippen LogP contribution in [0.4, 0.5) is 0 Å². The molecule has 0 saturated carbocycles. The van der Waals surface area contributed by atoms with Gasteiger partial charge in [0.15, 0.2) is 0 Å². The molecule has 1 saturated heterocycles. The zero-order valence-electron chi connectivity index (χ0n) is 12.9. The molecule has 1 fully saturated rings. The Hall–Kier alpha value is -2.56. The number of hydrogen-bond donors (Lipinski definition) is 0. The van der Waals surface area contributed by atoms with Crippen molar-refractivity contribution >= 4 is 22.8 Å². The highest BCUT2D eigenvalue weighted by Crippen LogP contribution is 2.35. The van der Waals surface area contributed by atoms with Crippen molar-refractivity contribution in [2.75, 3.05) is 0 Å². The Morgan fingerprint density at radius 3 is 2.17 bits per heavy atom. The zero-order valence-corrected chi connectivity index (χ0v) is 12.9. The minimum Gasteiger partial charge on any atom is -0.276 e. The Bertz CT molecular complexity index is 817. The van der Waals surface area contributed by atoms with Gasteiger partial charge < -0.3 is 0 Å². The van der Waals surface area contributed by atoms with Gasteiger partial charge in [-0.05, 0) is 31.9 Å². The van der Waals surface area contributed by atoms with Gasteiger partial charge in [-0.2, -0.15) is 0 Å². The van der Waals surface area contributed by atoms with Crippen molar-refractivity contribution in [3.05, 3.63) is 47.8 Å². The number of imide groups is 1. The van der Waals surface area contributed by atoms with Crippen LogP contribution in [0.5, 0.6) is 0 Å². The Balaban J connectivity index is 1.67. The summed E-state index contributed by atoms with van der Waals surface area (Å²) >= 11 is 0. The number of likely N-dealkylation sites (tertiary alicyclic amines) is 1. The third-order valence-corrected chi connectivity index (χ3v) is 4.75. The van der Waals surface area contributed by atoms with Gasteiger partial charge in [-0.25, -0.2) is 9.97 Å². The molecule has 2 heterocycles. The van der Waals surface area contributed by atoms with Crippen molar-refractivity contribution in [1.82, 2.24) is 14.9 Å². The molecule has 0 radical (unpaired) electrons. The molecule has 116 valence electrons. The van der Waals surface area contributed by atoms with Crippen LogP contribution in [0.1, 0.15) is 24.2 Å². The van der Waals surface area contributed by atoms with Gasteiger partial charge >= 0.3 is 0 Å². The van der Waals surface area contributed by atoms with E-state index in [9.17, 15) is 9.59 Å². The number of carbonyl (C=O) groups excluding carboxylic acids is 2. The molecule has 2 aliphatic rings. The SMILES string of the molecule is Cc1nc2ccccc2nc1CN1C(=O)[C@@H]2CC=CC[C@H]2C1=O. The third kappa shape index (κ3) is 2.23. The minimum atomic E-state index is -0.193. The molecular weight excluding hydrogens is 290 g/mol. The van der Waals surface area contributed by atoms with E-state index < -0.39 is 0 Å². The summed E-state index contributed by atoms with van der Waals surface area (Å²) in [5, 5.41) is 0. The van der Waals surface area contributed by atoms with Crippen LogP contribution in [0.25, 0.3) is 11.0 Å². The van der Waals surface area contributed by atoms with Crippen molar-refractivity contribution < 1.29 is 9.59 Å². The maximum atomic E-state index is 12.6. The van der Waals surface area contributed by atoms with E-state index in [0.29, 0.717) is 18.5 Å². The molecule has 0 bridgehead atoms. The molecule has 0 unspecified atom stereocenters. The first-order valence-electron chi connectivity index (χ1n) is 7.87. The van der Waals surface area contributed by atoms with Gasteiger partial charge in [-0.15, -0.1) is 0 Å². The lowest BCUT2D eigenvalue weighted by atomic mass is 9.85. The fraction of sp³-hybridized carbons (Fsp3) is 0.333. The van der Waals surface area contributed by atoms with Crippen molar-refractivity contribution in [1.29, 1.82) is 0 Å². The number of para-hydroxylation sites is 2. The molecule has 2 amide bonds. The summed E-state index contributed by atoms with van der Waals surface area (Å²) in [5.41, 5.74) is 3.06. The van der Waals surface area contributed by atoms with E-state index in [0.717, 1.165) is 16.7 Å². The average Bonchev–Trinajstić information content (AvgIpc) is 2.81. The van der Waals surface area contributed by atoms with Gasteiger partial charge in [0.05, 0.1) is 40.8 Å². The van der Waals surface area contributed by atoms with Crippen molar-refractivity contribution in [2.24, 2.45) is 11.8 Å². The standard InChI is InChI=1S/C18H17N3O2/c1-11-16(20-15-9-5-4-8-14(15)19-11)10-21-17(22)12-6-2-3-7-13(12)18(21)23/h2-5,8-9,12-13H,6-7,10H2,1H3/t12-,13-/m1/s1. The third-order valence-electron chi connectivity index (χ3n) is 4.75. The van der Waals surface area contributed by atoms with E-state index in [1.54, 1.807) is 0 Å². The highest BCUT2D eigenvalue weighted by atomic mass is 16.2. The van der Waals surface area contributed by atoms with E-state index in [4.69, 9.17) is 0 Å². The summed E-state index contributed by atoms with van der Waals surface area (Å²) in [5.74, 6) is -0.528. The van der Waals surface area contributed by atoms with Crippen LogP contribution >= 0.6 is 0 Å². The van der Waals surface area contributed by atoms with Crippen LogP contribution in [-0.2, 0) is 16.1 Å². The number of amides is 2. The van der Waals surface area contributed by atoms with Gasteiger partial charge in [0.1, 0.15) is 0 Å². The van der Waals surface area contributed by atoms with Crippen molar-refractivity contribution in [3.8, 4) is 0 Å². The average molecular weight is 307 g/mol. The van der Waals surface area contributed by atoms with Crippen molar-refractivity contribution in [3.63, 3.8) is 0 Å². The first-order chi connectivity index (χ1) is 11.1. The van der Waals surface area contributed by atoms with Crippen molar-refractivity contribution in [2.45, 2.75) is 26.3 Å². The number of fused-ring (bicyclic) bond motifs is 2. The van der Waals surface area contributed by atoms with E-state index in [1.165, 1.54) is 4.90 Å². The number of carbonyl (C=O) groups is 2. The van der Waals surface area contributed by atoms with E-state index in [1.807, 2.05) is 43.3 Å². The van der Waals surface area contributed by atoms with Gasteiger partial charge in [0.2, 0.25) is 11.8 Å². The monoisotopic (exact) mass is 307 g/mol. The second-order valence-corrected chi connectivity index (χ2v) is 6.16. The second kappa shape index (κ2) is 5.26. The Labute approximate surface area is 134 Å².